The molecule has 112 valence electrons. The fourth-order valence-electron chi connectivity index (χ4n) is 2.33. The second-order valence-corrected chi connectivity index (χ2v) is 4.81. The zero-order chi connectivity index (χ0) is 16.0. The van der Waals surface area contributed by atoms with E-state index in [1.807, 2.05) is 0 Å². The molecule has 0 unspecified atom stereocenters. The van der Waals surface area contributed by atoms with E-state index in [2.05, 4.69) is 10.1 Å². The minimum absolute atomic E-state index is 0.155. The van der Waals surface area contributed by atoms with E-state index in [-0.39, 0.29) is 16.7 Å². The van der Waals surface area contributed by atoms with E-state index in [1.165, 1.54) is 41.3 Å². The number of carbonyl (C=O) groups excluding carboxylic acids is 3. The van der Waals surface area contributed by atoms with Crippen molar-refractivity contribution >= 4 is 23.4 Å². The van der Waals surface area contributed by atoms with Crippen LogP contribution in [-0.4, -0.2) is 37.4 Å². The zero-order valence-electron chi connectivity index (χ0n) is 11.5. The summed E-state index contributed by atoms with van der Waals surface area (Å²) in [6.45, 7) is 0. The topological polar surface area (TPSA) is 93.9 Å². The van der Waals surface area contributed by atoms with Crippen molar-refractivity contribution in [2.45, 2.75) is 0 Å². The summed E-state index contributed by atoms with van der Waals surface area (Å²) in [6.07, 6.45) is 2.87. The number of carbonyl (C=O) groups is 3. The van der Waals surface area contributed by atoms with Crippen molar-refractivity contribution < 1.29 is 19.2 Å². The summed E-state index contributed by atoms with van der Waals surface area (Å²) in [4.78, 5) is 45.4. The predicted octanol–water partition coefficient (Wildman–Crippen LogP) is 1.10. The average molecular weight is 308 g/mol. The van der Waals surface area contributed by atoms with Gasteiger partial charge in [0, 0.05) is 6.20 Å². The Labute approximate surface area is 128 Å². The summed E-state index contributed by atoms with van der Waals surface area (Å²) in [5, 5.41) is 4.38. The molecule has 8 nitrogen and oxygen atoms in total. The van der Waals surface area contributed by atoms with Crippen molar-refractivity contribution in [1.29, 1.82) is 0 Å². The van der Waals surface area contributed by atoms with Crippen molar-refractivity contribution in [3.63, 3.8) is 0 Å². The lowest BCUT2D eigenvalue weighted by Crippen LogP contribution is -2.32. The Hall–Kier alpha value is -3.55. The molecule has 4 rings (SSSR count). The van der Waals surface area contributed by atoms with Gasteiger partial charge in [-0.15, -0.1) is 0 Å². The van der Waals surface area contributed by atoms with Crippen LogP contribution in [-0.2, 0) is 4.84 Å². The molecule has 3 aromatic rings. The highest BCUT2D eigenvalue weighted by Crippen LogP contribution is 2.23. The van der Waals surface area contributed by atoms with E-state index in [1.54, 1.807) is 12.1 Å². The van der Waals surface area contributed by atoms with Crippen LogP contribution in [0.3, 0.4) is 0 Å². The fraction of sp³-hybridized carbons (Fsp3) is 0. The Morgan fingerprint density at radius 1 is 1.04 bits per heavy atom. The first-order valence-corrected chi connectivity index (χ1v) is 6.64. The Kier molecular flexibility index (Phi) is 2.70. The molecular weight excluding hydrogens is 300 g/mol. The average Bonchev–Trinajstić information content (AvgIpc) is 3.13. The first kappa shape index (κ1) is 13.1. The lowest BCUT2D eigenvalue weighted by molar-refractivity contribution is -0.0584. The first-order valence-electron chi connectivity index (χ1n) is 6.64. The minimum Gasteiger partial charge on any atom is -0.324 e. The van der Waals surface area contributed by atoms with Crippen LogP contribution < -0.4 is 0 Å². The van der Waals surface area contributed by atoms with Gasteiger partial charge in [-0.25, -0.2) is 14.3 Å². The van der Waals surface area contributed by atoms with E-state index in [0.29, 0.717) is 10.7 Å². The van der Waals surface area contributed by atoms with Crippen LogP contribution in [0.5, 0.6) is 0 Å². The van der Waals surface area contributed by atoms with Crippen LogP contribution in [0.4, 0.5) is 0 Å². The maximum absolute atomic E-state index is 12.2. The molecule has 0 saturated carbocycles. The lowest BCUT2D eigenvalue weighted by atomic mass is 10.1. The SMILES string of the molecule is O=C(ON1C(=O)c2ccccc2C1=O)c1ccn2ncnc2c1. The van der Waals surface area contributed by atoms with Crippen LogP contribution >= 0.6 is 0 Å². The van der Waals surface area contributed by atoms with Gasteiger partial charge in [-0.1, -0.05) is 17.2 Å². The van der Waals surface area contributed by atoms with Gasteiger partial charge in [-0.05, 0) is 24.3 Å². The summed E-state index contributed by atoms with van der Waals surface area (Å²) >= 11 is 0. The third-order valence-electron chi connectivity index (χ3n) is 3.45. The number of amides is 2. The molecule has 0 spiro atoms. The number of hydrogen-bond acceptors (Lipinski definition) is 6. The molecule has 0 fully saturated rings. The normalized spacial score (nSPS) is 13.5. The van der Waals surface area contributed by atoms with E-state index < -0.39 is 17.8 Å². The number of nitrogens with zero attached hydrogens (tertiary/aromatic N) is 4. The maximum Gasteiger partial charge on any atom is 0.364 e. The molecule has 23 heavy (non-hydrogen) atoms. The second kappa shape index (κ2) is 4.73. The summed E-state index contributed by atoms with van der Waals surface area (Å²) in [6, 6.07) is 9.19. The van der Waals surface area contributed by atoms with Crippen molar-refractivity contribution in [3.8, 4) is 0 Å². The van der Waals surface area contributed by atoms with Crippen LogP contribution in [0.1, 0.15) is 31.1 Å². The van der Waals surface area contributed by atoms with Crippen molar-refractivity contribution in [2.24, 2.45) is 0 Å². The second-order valence-electron chi connectivity index (χ2n) is 4.81. The monoisotopic (exact) mass is 308 g/mol. The molecule has 3 heterocycles. The highest BCUT2D eigenvalue weighted by atomic mass is 16.7. The number of hydroxylamine groups is 2. The molecule has 0 radical (unpaired) electrons. The minimum atomic E-state index is -0.829. The van der Waals surface area contributed by atoms with Gasteiger partial charge in [0.25, 0.3) is 11.8 Å². The summed E-state index contributed by atoms with van der Waals surface area (Å²) in [7, 11) is 0. The number of rotatable bonds is 2. The van der Waals surface area contributed by atoms with Crippen LogP contribution in [0.15, 0.2) is 48.9 Å². The summed E-state index contributed by atoms with van der Waals surface area (Å²) < 4.78 is 1.47. The fourth-order valence-corrected chi connectivity index (χ4v) is 2.33. The molecular formula is C15H8N4O4. The molecule has 1 aliphatic rings. The van der Waals surface area contributed by atoms with Crippen LogP contribution in [0, 0.1) is 0 Å². The molecule has 0 saturated heterocycles. The van der Waals surface area contributed by atoms with Gasteiger partial charge in [-0.2, -0.15) is 5.10 Å². The first-order chi connectivity index (χ1) is 11.1. The van der Waals surface area contributed by atoms with Gasteiger partial charge in [0.1, 0.15) is 6.33 Å². The van der Waals surface area contributed by atoms with E-state index in [0.717, 1.165) is 0 Å². The molecule has 0 atom stereocenters. The van der Waals surface area contributed by atoms with Crippen molar-refractivity contribution in [1.82, 2.24) is 19.7 Å². The molecule has 0 bridgehead atoms. The van der Waals surface area contributed by atoms with E-state index >= 15 is 0 Å². The van der Waals surface area contributed by atoms with E-state index in [4.69, 9.17) is 4.84 Å². The summed E-state index contributed by atoms with van der Waals surface area (Å²) in [5.74, 6) is -2.16. The third kappa shape index (κ3) is 1.96. The largest absolute Gasteiger partial charge is 0.364 e. The Bertz CT molecular complexity index is 943. The van der Waals surface area contributed by atoms with Crippen LogP contribution in [0.25, 0.3) is 5.65 Å². The Morgan fingerprint density at radius 2 is 1.74 bits per heavy atom. The standard InChI is InChI=1S/C15H8N4O4/c20-13-10-3-1-2-4-11(10)14(21)19(13)23-15(22)9-5-6-18-12(7-9)16-8-17-18/h1-8H. The van der Waals surface area contributed by atoms with Crippen LogP contribution in [0.2, 0.25) is 0 Å². The molecule has 1 aromatic carbocycles. The number of hydrogen-bond donors (Lipinski definition) is 0. The van der Waals surface area contributed by atoms with Gasteiger partial charge in [0.2, 0.25) is 0 Å². The van der Waals surface area contributed by atoms with E-state index in [9.17, 15) is 14.4 Å². The molecule has 1 aliphatic heterocycles. The highest BCUT2D eigenvalue weighted by molar-refractivity contribution is 6.21. The molecule has 2 amide bonds. The number of aromatic nitrogens is 3. The molecule has 0 N–H and O–H groups in total. The van der Waals surface area contributed by atoms with Gasteiger partial charge in [-0.3, -0.25) is 9.59 Å². The number of benzene rings is 1. The van der Waals surface area contributed by atoms with Gasteiger partial charge >= 0.3 is 5.97 Å². The number of fused-ring (bicyclic) bond motifs is 2. The number of pyridine rings is 1. The highest BCUT2D eigenvalue weighted by Gasteiger charge is 2.38. The van der Waals surface area contributed by atoms with Crippen molar-refractivity contribution in [2.75, 3.05) is 0 Å². The predicted molar refractivity (Wildman–Crippen MR) is 75.3 cm³/mol. The quantitative estimate of drug-likeness (QED) is 0.658. The maximum atomic E-state index is 12.2. The van der Waals surface area contributed by atoms with Gasteiger partial charge in [0.15, 0.2) is 5.65 Å². The smallest absolute Gasteiger partial charge is 0.324 e. The van der Waals surface area contributed by atoms with Crippen molar-refractivity contribution in [3.05, 3.63) is 65.6 Å². The lowest BCUT2D eigenvalue weighted by Gasteiger charge is -2.12. The molecule has 2 aromatic heterocycles. The Balaban J connectivity index is 1.62. The zero-order valence-corrected chi connectivity index (χ0v) is 11.5. The Morgan fingerprint density at radius 3 is 2.43 bits per heavy atom. The number of imide groups is 1. The molecule has 8 heteroatoms. The third-order valence-corrected chi connectivity index (χ3v) is 3.45. The van der Waals surface area contributed by atoms with Gasteiger partial charge < -0.3 is 4.84 Å². The van der Waals surface area contributed by atoms with Gasteiger partial charge in [0.05, 0.1) is 16.7 Å². The molecule has 0 aliphatic carbocycles. The summed E-state index contributed by atoms with van der Waals surface area (Å²) in [5.41, 5.74) is 1.01.